The van der Waals surface area contributed by atoms with E-state index in [4.69, 9.17) is 9.15 Å². The minimum atomic E-state index is -3.79. The van der Waals surface area contributed by atoms with Crippen LogP contribution in [0.25, 0.3) is 11.0 Å². The molecule has 4 aromatic rings. The molecule has 5 rings (SSSR count). The summed E-state index contributed by atoms with van der Waals surface area (Å²) in [5.41, 5.74) is 3.70. The Kier molecular flexibility index (Phi) is 5.90. The molecule has 178 valence electrons. The fourth-order valence-electron chi connectivity index (χ4n) is 4.34. The molecule has 1 aliphatic carbocycles. The van der Waals surface area contributed by atoms with E-state index in [9.17, 15) is 18.0 Å². The van der Waals surface area contributed by atoms with Crippen molar-refractivity contribution in [3.63, 3.8) is 0 Å². The fourth-order valence-corrected chi connectivity index (χ4v) is 5.53. The van der Waals surface area contributed by atoms with Gasteiger partial charge in [0.25, 0.3) is 10.0 Å². The zero-order chi connectivity index (χ0) is 24.6. The Morgan fingerprint density at radius 1 is 0.971 bits per heavy atom. The van der Waals surface area contributed by atoms with E-state index in [2.05, 4.69) is 0 Å². The molecule has 0 saturated heterocycles. The van der Waals surface area contributed by atoms with Gasteiger partial charge >= 0.3 is 11.6 Å². The monoisotopic (exact) mass is 489 g/mol. The highest BCUT2D eigenvalue weighted by molar-refractivity contribution is 7.92. The molecular formula is C27H23NO6S. The number of benzene rings is 3. The number of rotatable bonds is 6. The average Bonchev–Trinajstić information content (AvgIpc) is 3.33. The molecule has 0 unspecified atom stereocenters. The van der Waals surface area contributed by atoms with Gasteiger partial charge in [0.2, 0.25) is 0 Å². The zero-order valence-corrected chi connectivity index (χ0v) is 19.9. The van der Waals surface area contributed by atoms with E-state index in [1.54, 1.807) is 24.3 Å². The first-order valence-corrected chi connectivity index (χ1v) is 12.7. The Morgan fingerprint density at radius 2 is 1.66 bits per heavy atom. The van der Waals surface area contributed by atoms with Crippen LogP contribution < -0.4 is 9.93 Å². The Morgan fingerprint density at radius 3 is 2.37 bits per heavy atom. The molecule has 0 fully saturated rings. The van der Waals surface area contributed by atoms with Crippen LogP contribution in [0.1, 0.15) is 33.5 Å². The molecule has 8 heteroatoms. The van der Waals surface area contributed by atoms with Crippen LogP contribution in [0.2, 0.25) is 0 Å². The second-order valence-corrected chi connectivity index (χ2v) is 10.4. The highest BCUT2D eigenvalue weighted by atomic mass is 32.2. The Labute approximate surface area is 202 Å². The van der Waals surface area contributed by atoms with Crippen molar-refractivity contribution < 1.29 is 22.4 Å². The van der Waals surface area contributed by atoms with Gasteiger partial charge in [0, 0.05) is 24.1 Å². The number of aryl methyl sites for hydroxylation is 2. The van der Waals surface area contributed by atoms with Gasteiger partial charge in [0.05, 0.1) is 16.1 Å². The van der Waals surface area contributed by atoms with E-state index < -0.39 is 21.6 Å². The molecule has 0 N–H and O–H groups in total. The maximum atomic E-state index is 12.9. The number of carbonyl (C=O) groups is 1. The predicted molar refractivity (Wildman–Crippen MR) is 132 cm³/mol. The predicted octanol–water partition coefficient (Wildman–Crippen LogP) is 4.46. The molecule has 1 aliphatic rings. The van der Waals surface area contributed by atoms with Crippen LogP contribution in [0.5, 0.6) is 0 Å². The van der Waals surface area contributed by atoms with Gasteiger partial charge in [-0.1, -0.05) is 18.2 Å². The van der Waals surface area contributed by atoms with Gasteiger partial charge in [-0.2, -0.15) is 0 Å². The van der Waals surface area contributed by atoms with Crippen molar-refractivity contribution in [2.24, 2.45) is 0 Å². The van der Waals surface area contributed by atoms with Crippen molar-refractivity contribution >= 4 is 32.6 Å². The molecule has 0 saturated carbocycles. The first-order chi connectivity index (χ1) is 16.8. The standard InChI is InChI=1S/C27H23NO6S/c1-28(22-8-3-2-4-9-22)35(31,32)23-12-10-18(11-13-23)27(30)33-17-21-16-26(29)34-25-15-20-7-5-6-19(20)14-24(21)25/h2-4,8-16H,5-7,17H2,1H3. The molecule has 3 aromatic carbocycles. The minimum Gasteiger partial charge on any atom is -0.457 e. The van der Waals surface area contributed by atoms with Crippen LogP contribution in [0.15, 0.2) is 86.9 Å². The number of carbonyl (C=O) groups excluding carboxylic acids is 1. The summed E-state index contributed by atoms with van der Waals surface area (Å²) in [6.45, 7) is -0.101. The quantitative estimate of drug-likeness (QED) is 0.293. The molecule has 35 heavy (non-hydrogen) atoms. The van der Waals surface area contributed by atoms with Crippen molar-refractivity contribution in [3.05, 3.63) is 105 Å². The van der Waals surface area contributed by atoms with Crippen molar-refractivity contribution in [2.45, 2.75) is 30.8 Å². The maximum absolute atomic E-state index is 12.9. The van der Waals surface area contributed by atoms with Crippen molar-refractivity contribution in [2.75, 3.05) is 11.4 Å². The van der Waals surface area contributed by atoms with Crippen LogP contribution >= 0.6 is 0 Å². The Hall–Kier alpha value is -3.91. The van der Waals surface area contributed by atoms with Crippen molar-refractivity contribution in [1.29, 1.82) is 0 Å². The number of nitrogens with zero attached hydrogens (tertiary/aromatic N) is 1. The highest BCUT2D eigenvalue weighted by Crippen LogP contribution is 2.29. The van der Waals surface area contributed by atoms with Gasteiger partial charge in [-0.25, -0.2) is 18.0 Å². The van der Waals surface area contributed by atoms with Gasteiger partial charge in [-0.15, -0.1) is 0 Å². The third kappa shape index (κ3) is 4.44. The minimum absolute atomic E-state index is 0.0564. The molecule has 0 radical (unpaired) electrons. The number of fused-ring (bicyclic) bond motifs is 2. The molecule has 1 heterocycles. The summed E-state index contributed by atoms with van der Waals surface area (Å²) >= 11 is 0. The van der Waals surface area contributed by atoms with Crippen molar-refractivity contribution in [3.8, 4) is 0 Å². The summed E-state index contributed by atoms with van der Waals surface area (Å²) in [6.07, 6.45) is 2.99. The summed E-state index contributed by atoms with van der Waals surface area (Å²) in [5, 5.41) is 0.753. The highest BCUT2D eigenvalue weighted by Gasteiger charge is 2.22. The zero-order valence-electron chi connectivity index (χ0n) is 19.1. The summed E-state index contributed by atoms with van der Waals surface area (Å²) in [5.74, 6) is -0.618. The van der Waals surface area contributed by atoms with Gasteiger partial charge < -0.3 is 9.15 Å². The van der Waals surface area contributed by atoms with Crippen molar-refractivity contribution in [1.82, 2.24) is 0 Å². The number of ether oxygens (including phenoxy) is 1. The Balaban J connectivity index is 1.33. The van der Waals surface area contributed by atoms with Crippen LogP contribution in [-0.2, 0) is 34.2 Å². The van der Waals surface area contributed by atoms with Gasteiger partial charge in [-0.3, -0.25) is 4.31 Å². The number of para-hydroxylation sites is 1. The summed E-state index contributed by atoms with van der Waals surface area (Å²) in [7, 11) is -2.31. The topological polar surface area (TPSA) is 93.9 Å². The number of sulfonamides is 1. The van der Waals surface area contributed by atoms with E-state index >= 15 is 0 Å². The first kappa shape index (κ1) is 22.9. The molecule has 0 amide bonds. The third-order valence-electron chi connectivity index (χ3n) is 6.27. The van der Waals surface area contributed by atoms with Gasteiger partial charge in [0.1, 0.15) is 12.2 Å². The SMILES string of the molecule is CN(c1ccccc1)S(=O)(=O)c1ccc(C(=O)OCc2cc(=O)oc3cc4c(cc23)CCC4)cc1. The van der Waals surface area contributed by atoms with Crippen LogP contribution in [-0.4, -0.2) is 21.4 Å². The molecule has 1 aromatic heterocycles. The van der Waals surface area contributed by atoms with Crippen LogP contribution in [0.3, 0.4) is 0 Å². The number of hydrogen-bond donors (Lipinski definition) is 0. The van der Waals surface area contributed by atoms with E-state index in [0.29, 0.717) is 16.8 Å². The molecule has 0 aliphatic heterocycles. The lowest BCUT2D eigenvalue weighted by Gasteiger charge is -2.19. The van der Waals surface area contributed by atoms with E-state index in [-0.39, 0.29) is 17.1 Å². The number of hydrogen-bond acceptors (Lipinski definition) is 6. The summed E-state index contributed by atoms with van der Waals surface area (Å²) in [4.78, 5) is 24.8. The van der Waals surface area contributed by atoms with Gasteiger partial charge in [-0.05, 0) is 78.9 Å². The lowest BCUT2D eigenvalue weighted by molar-refractivity contribution is 0.0473. The normalized spacial score (nSPS) is 12.9. The van der Waals surface area contributed by atoms with Crippen LogP contribution in [0, 0.1) is 0 Å². The average molecular weight is 490 g/mol. The Bertz CT molecular complexity index is 1570. The summed E-state index contributed by atoms with van der Waals surface area (Å²) < 4.78 is 37.9. The molecule has 7 nitrogen and oxygen atoms in total. The second-order valence-electron chi connectivity index (χ2n) is 8.47. The largest absolute Gasteiger partial charge is 0.457 e. The smallest absolute Gasteiger partial charge is 0.338 e. The lowest BCUT2D eigenvalue weighted by atomic mass is 10.0. The molecule has 0 spiro atoms. The maximum Gasteiger partial charge on any atom is 0.338 e. The molecule has 0 atom stereocenters. The first-order valence-electron chi connectivity index (χ1n) is 11.2. The second kappa shape index (κ2) is 9.03. The number of anilines is 1. The van der Waals surface area contributed by atoms with E-state index in [1.807, 2.05) is 18.2 Å². The fraction of sp³-hybridized carbons (Fsp3) is 0.185. The van der Waals surface area contributed by atoms with E-state index in [1.165, 1.54) is 52.8 Å². The molecular weight excluding hydrogens is 466 g/mol. The molecule has 0 bridgehead atoms. The van der Waals surface area contributed by atoms with Gasteiger partial charge in [0.15, 0.2) is 0 Å². The number of esters is 1. The third-order valence-corrected chi connectivity index (χ3v) is 8.07. The summed E-state index contributed by atoms with van der Waals surface area (Å²) in [6, 6.07) is 19.5. The lowest BCUT2D eigenvalue weighted by Crippen LogP contribution is -2.26. The van der Waals surface area contributed by atoms with E-state index in [0.717, 1.165) is 24.6 Å². The van der Waals surface area contributed by atoms with Crippen LogP contribution in [0.4, 0.5) is 5.69 Å².